The monoisotopic (exact) mass is 287 g/mol. The van der Waals surface area contributed by atoms with Crippen molar-refractivity contribution in [3.8, 4) is 5.88 Å². The summed E-state index contributed by atoms with van der Waals surface area (Å²) in [4.78, 5) is 8.28. The van der Waals surface area contributed by atoms with E-state index >= 15 is 0 Å². The van der Waals surface area contributed by atoms with Gasteiger partial charge >= 0.3 is 0 Å². The Labute approximate surface area is 125 Å². The topological polar surface area (TPSA) is 56.3 Å². The lowest BCUT2D eigenvalue weighted by Crippen LogP contribution is -2.08. The molecule has 0 amide bonds. The Balaban J connectivity index is 1.97. The normalized spacial score (nSPS) is 10.7. The standard InChI is InChI=1S/C16H21N3O2/c1-12(2)21-16-8-15(18-11-19-16)17-9-13-5-4-6-14(7-13)10-20-3/h4-8,11-12H,9-10H2,1-3H3,(H,17,18,19). The second-order valence-electron chi connectivity index (χ2n) is 5.01. The highest BCUT2D eigenvalue weighted by Crippen LogP contribution is 2.14. The van der Waals surface area contributed by atoms with E-state index in [-0.39, 0.29) is 6.10 Å². The van der Waals surface area contributed by atoms with E-state index in [2.05, 4.69) is 27.4 Å². The second kappa shape index (κ2) is 7.59. The maximum absolute atomic E-state index is 5.55. The first-order valence-electron chi connectivity index (χ1n) is 6.96. The second-order valence-corrected chi connectivity index (χ2v) is 5.01. The first-order chi connectivity index (χ1) is 10.2. The molecule has 112 valence electrons. The maximum Gasteiger partial charge on any atom is 0.218 e. The lowest BCUT2D eigenvalue weighted by atomic mass is 10.1. The first kappa shape index (κ1) is 15.3. The molecule has 0 radical (unpaired) electrons. The van der Waals surface area contributed by atoms with Crippen molar-refractivity contribution in [3.05, 3.63) is 47.8 Å². The van der Waals surface area contributed by atoms with Crippen LogP contribution < -0.4 is 10.1 Å². The minimum absolute atomic E-state index is 0.0958. The Morgan fingerprint density at radius 2 is 1.95 bits per heavy atom. The van der Waals surface area contributed by atoms with Gasteiger partial charge in [-0.2, -0.15) is 0 Å². The number of rotatable bonds is 7. The van der Waals surface area contributed by atoms with Gasteiger partial charge in [0, 0.05) is 19.7 Å². The number of methoxy groups -OCH3 is 1. The molecule has 2 aromatic rings. The average Bonchev–Trinajstić information content (AvgIpc) is 2.46. The van der Waals surface area contributed by atoms with Crippen molar-refractivity contribution in [1.29, 1.82) is 0 Å². The van der Waals surface area contributed by atoms with Crippen molar-refractivity contribution in [2.45, 2.75) is 33.1 Å². The van der Waals surface area contributed by atoms with E-state index in [4.69, 9.17) is 9.47 Å². The molecule has 2 rings (SSSR count). The van der Waals surface area contributed by atoms with E-state index in [0.29, 0.717) is 19.0 Å². The number of nitrogens with one attached hydrogen (secondary N) is 1. The van der Waals surface area contributed by atoms with Crippen LogP contribution in [0.1, 0.15) is 25.0 Å². The van der Waals surface area contributed by atoms with Crippen molar-refractivity contribution in [2.75, 3.05) is 12.4 Å². The highest BCUT2D eigenvalue weighted by Gasteiger charge is 2.02. The molecule has 1 heterocycles. The van der Waals surface area contributed by atoms with Crippen molar-refractivity contribution >= 4 is 5.82 Å². The summed E-state index contributed by atoms with van der Waals surface area (Å²) in [7, 11) is 1.70. The highest BCUT2D eigenvalue weighted by atomic mass is 16.5. The van der Waals surface area contributed by atoms with Gasteiger partial charge in [-0.3, -0.25) is 0 Å². The van der Waals surface area contributed by atoms with Gasteiger partial charge in [0.15, 0.2) is 0 Å². The molecule has 0 bridgehead atoms. The van der Waals surface area contributed by atoms with Gasteiger partial charge in [-0.25, -0.2) is 9.97 Å². The number of hydrogen-bond acceptors (Lipinski definition) is 5. The van der Waals surface area contributed by atoms with Gasteiger partial charge < -0.3 is 14.8 Å². The summed E-state index contributed by atoms with van der Waals surface area (Å²) < 4.78 is 10.7. The molecule has 0 atom stereocenters. The SMILES string of the molecule is COCc1cccc(CNc2cc(OC(C)C)ncn2)c1. The molecule has 1 N–H and O–H groups in total. The molecule has 1 aromatic heterocycles. The minimum atomic E-state index is 0.0958. The van der Waals surface area contributed by atoms with E-state index in [1.54, 1.807) is 13.2 Å². The first-order valence-corrected chi connectivity index (χ1v) is 6.96. The zero-order chi connectivity index (χ0) is 15.1. The smallest absolute Gasteiger partial charge is 0.218 e. The maximum atomic E-state index is 5.55. The van der Waals surface area contributed by atoms with Gasteiger partial charge in [0.1, 0.15) is 12.1 Å². The van der Waals surface area contributed by atoms with Gasteiger partial charge in [0.05, 0.1) is 12.7 Å². The molecule has 0 saturated heterocycles. The summed E-state index contributed by atoms with van der Waals surface area (Å²) in [5.74, 6) is 1.33. The Morgan fingerprint density at radius 1 is 1.14 bits per heavy atom. The molecule has 0 unspecified atom stereocenters. The Hall–Kier alpha value is -2.14. The number of nitrogens with zero attached hydrogens (tertiary/aromatic N) is 2. The van der Waals surface area contributed by atoms with E-state index in [1.165, 1.54) is 11.9 Å². The quantitative estimate of drug-likeness (QED) is 0.848. The van der Waals surface area contributed by atoms with Gasteiger partial charge in [0.2, 0.25) is 5.88 Å². The number of benzene rings is 1. The van der Waals surface area contributed by atoms with Crippen molar-refractivity contribution < 1.29 is 9.47 Å². The Kier molecular flexibility index (Phi) is 5.51. The third-order valence-corrected chi connectivity index (χ3v) is 2.77. The van der Waals surface area contributed by atoms with E-state index in [9.17, 15) is 0 Å². The van der Waals surface area contributed by atoms with Crippen LogP contribution in [-0.4, -0.2) is 23.2 Å². The predicted molar refractivity (Wildman–Crippen MR) is 82.3 cm³/mol. The molecule has 5 heteroatoms. The van der Waals surface area contributed by atoms with Crippen LogP contribution in [-0.2, 0) is 17.9 Å². The van der Waals surface area contributed by atoms with Gasteiger partial charge in [-0.05, 0) is 25.0 Å². The van der Waals surface area contributed by atoms with Crippen molar-refractivity contribution in [3.63, 3.8) is 0 Å². The van der Waals surface area contributed by atoms with Crippen molar-refractivity contribution in [2.24, 2.45) is 0 Å². The zero-order valence-electron chi connectivity index (χ0n) is 12.7. The summed E-state index contributed by atoms with van der Waals surface area (Å²) in [6.07, 6.45) is 1.60. The van der Waals surface area contributed by atoms with E-state index in [1.807, 2.05) is 26.0 Å². The lowest BCUT2D eigenvalue weighted by Gasteiger charge is -2.10. The van der Waals surface area contributed by atoms with E-state index < -0.39 is 0 Å². The van der Waals surface area contributed by atoms with Crippen LogP contribution in [0.15, 0.2) is 36.7 Å². The Morgan fingerprint density at radius 3 is 2.71 bits per heavy atom. The van der Waals surface area contributed by atoms with Crippen LogP contribution >= 0.6 is 0 Å². The molecule has 0 spiro atoms. The summed E-state index contributed by atoms with van der Waals surface area (Å²) in [5, 5.41) is 3.27. The average molecular weight is 287 g/mol. The van der Waals surface area contributed by atoms with Crippen LogP contribution in [0.2, 0.25) is 0 Å². The zero-order valence-corrected chi connectivity index (χ0v) is 12.7. The fraction of sp³-hybridized carbons (Fsp3) is 0.375. The molecular weight excluding hydrogens is 266 g/mol. The largest absolute Gasteiger partial charge is 0.475 e. The van der Waals surface area contributed by atoms with Crippen molar-refractivity contribution in [1.82, 2.24) is 9.97 Å². The van der Waals surface area contributed by atoms with Crippen LogP contribution in [0, 0.1) is 0 Å². The molecule has 0 aliphatic heterocycles. The highest BCUT2D eigenvalue weighted by molar-refractivity contribution is 5.38. The summed E-state index contributed by atoms with van der Waals surface area (Å²) >= 11 is 0. The fourth-order valence-corrected chi connectivity index (χ4v) is 1.93. The van der Waals surface area contributed by atoms with Gasteiger partial charge in [-0.15, -0.1) is 0 Å². The predicted octanol–water partition coefficient (Wildman–Crippen LogP) is 3.02. The minimum Gasteiger partial charge on any atom is -0.475 e. The fourth-order valence-electron chi connectivity index (χ4n) is 1.93. The summed E-state index contributed by atoms with van der Waals surface area (Å²) in [5.41, 5.74) is 2.33. The number of ether oxygens (including phenoxy) is 2. The molecule has 0 saturated carbocycles. The lowest BCUT2D eigenvalue weighted by molar-refractivity contribution is 0.185. The molecular formula is C16H21N3O2. The number of hydrogen-bond donors (Lipinski definition) is 1. The summed E-state index contributed by atoms with van der Waals surface area (Å²) in [6.45, 7) is 5.25. The third kappa shape index (κ3) is 5.04. The number of anilines is 1. The molecule has 0 aliphatic carbocycles. The molecule has 0 aliphatic rings. The summed E-state index contributed by atoms with van der Waals surface area (Å²) in [6, 6.07) is 10.1. The molecule has 21 heavy (non-hydrogen) atoms. The third-order valence-electron chi connectivity index (χ3n) is 2.77. The molecule has 5 nitrogen and oxygen atoms in total. The van der Waals surface area contributed by atoms with Crippen LogP contribution in [0.5, 0.6) is 5.88 Å². The van der Waals surface area contributed by atoms with Gasteiger partial charge in [0.25, 0.3) is 0 Å². The molecule has 1 aromatic carbocycles. The van der Waals surface area contributed by atoms with Crippen LogP contribution in [0.4, 0.5) is 5.82 Å². The number of aromatic nitrogens is 2. The van der Waals surface area contributed by atoms with Crippen LogP contribution in [0.25, 0.3) is 0 Å². The molecule has 0 fully saturated rings. The van der Waals surface area contributed by atoms with E-state index in [0.717, 1.165) is 11.4 Å². The van der Waals surface area contributed by atoms with Gasteiger partial charge in [-0.1, -0.05) is 24.3 Å². The Bertz CT molecular complexity index is 573. The van der Waals surface area contributed by atoms with Crippen LogP contribution in [0.3, 0.4) is 0 Å².